The molecule has 0 aliphatic carbocycles. The summed E-state index contributed by atoms with van der Waals surface area (Å²) in [5.41, 5.74) is 6.67. The van der Waals surface area contributed by atoms with Crippen molar-refractivity contribution in [1.82, 2.24) is 9.78 Å². The van der Waals surface area contributed by atoms with E-state index < -0.39 is 0 Å². The van der Waals surface area contributed by atoms with Gasteiger partial charge in [-0.05, 0) is 12.1 Å². The van der Waals surface area contributed by atoms with Gasteiger partial charge in [-0.1, -0.05) is 11.6 Å². The average Bonchev–Trinajstić information content (AvgIpc) is 2.71. The Hall–Kier alpha value is -2.19. The van der Waals surface area contributed by atoms with E-state index in [1.54, 1.807) is 25.3 Å². The van der Waals surface area contributed by atoms with Crippen molar-refractivity contribution in [2.75, 3.05) is 12.8 Å². The molecule has 0 spiro atoms. The molecule has 1 aromatic carbocycles. The number of nitrogens with zero attached hydrogens (tertiary/aromatic N) is 3. The molecular weight excluding hydrogens is 240 g/mol. The van der Waals surface area contributed by atoms with Crippen LogP contribution in [0.25, 0.3) is 5.69 Å². The van der Waals surface area contributed by atoms with Crippen molar-refractivity contribution in [2.45, 2.75) is 0 Å². The Balaban J connectivity index is 2.60. The van der Waals surface area contributed by atoms with Crippen molar-refractivity contribution in [1.29, 1.82) is 5.26 Å². The van der Waals surface area contributed by atoms with Crippen LogP contribution >= 0.6 is 11.6 Å². The lowest BCUT2D eigenvalue weighted by molar-refractivity contribution is 0.414. The van der Waals surface area contributed by atoms with Gasteiger partial charge in [-0.15, -0.1) is 0 Å². The molecule has 0 atom stereocenters. The van der Waals surface area contributed by atoms with E-state index in [9.17, 15) is 0 Å². The van der Waals surface area contributed by atoms with Gasteiger partial charge in [0.2, 0.25) is 0 Å². The van der Waals surface area contributed by atoms with Crippen LogP contribution in [0, 0.1) is 11.3 Å². The third kappa shape index (κ3) is 1.90. The molecule has 5 nitrogen and oxygen atoms in total. The van der Waals surface area contributed by atoms with Gasteiger partial charge < -0.3 is 10.5 Å². The number of nitriles is 1. The quantitative estimate of drug-likeness (QED) is 0.882. The van der Waals surface area contributed by atoms with E-state index >= 15 is 0 Å². The van der Waals surface area contributed by atoms with E-state index in [1.165, 1.54) is 10.9 Å². The number of rotatable bonds is 2. The Kier molecular flexibility index (Phi) is 2.90. The summed E-state index contributed by atoms with van der Waals surface area (Å²) in [4.78, 5) is 0. The number of ether oxygens (including phenoxy) is 1. The molecule has 2 N–H and O–H groups in total. The minimum absolute atomic E-state index is 0.252. The summed E-state index contributed by atoms with van der Waals surface area (Å²) in [5.74, 6) is 0.889. The third-order valence-corrected chi connectivity index (χ3v) is 2.63. The zero-order valence-corrected chi connectivity index (χ0v) is 9.77. The lowest BCUT2D eigenvalue weighted by Gasteiger charge is -2.08. The number of halogens is 1. The van der Waals surface area contributed by atoms with Gasteiger partial charge in [0, 0.05) is 6.07 Å². The molecule has 1 aromatic heterocycles. The Morgan fingerprint density at radius 3 is 2.88 bits per heavy atom. The lowest BCUT2D eigenvalue weighted by Crippen LogP contribution is -2.03. The molecule has 0 unspecified atom stereocenters. The summed E-state index contributed by atoms with van der Waals surface area (Å²) in [7, 11) is 1.56. The first-order chi connectivity index (χ1) is 8.17. The number of hydrogen-bond donors (Lipinski definition) is 1. The topological polar surface area (TPSA) is 76.9 Å². The summed E-state index contributed by atoms with van der Waals surface area (Å²) in [6.07, 6.45) is 1.39. The number of nitrogens with two attached hydrogens (primary N) is 1. The molecule has 0 fully saturated rings. The van der Waals surface area contributed by atoms with Crippen molar-refractivity contribution in [2.24, 2.45) is 0 Å². The Labute approximate surface area is 103 Å². The minimum atomic E-state index is 0.252. The number of aromatic nitrogens is 2. The van der Waals surface area contributed by atoms with Gasteiger partial charge in [0.15, 0.2) is 0 Å². The Morgan fingerprint density at radius 1 is 1.53 bits per heavy atom. The Bertz CT molecular complexity index is 600. The molecule has 1 heterocycles. The van der Waals surface area contributed by atoms with Crippen molar-refractivity contribution in [3.05, 3.63) is 35.0 Å². The number of nitrogen functional groups attached to an aromatic ring is 1. The molecule has 0 aliphatic heterocycles. The molecule has 17 heavy (non-hydrogen) atoms. The zero-order chi connectivity index (χ0) is 12.4. The summed E-state index contributed by atoms with van der Waals surface area (Å²) < 4.78 is 6.50. The van der Waals surface area contributed by atoms with E-state index in [-0.39, 0.29) is 5.82 Å². The highest BCUT2D eigenvalue weighted by Gasteiger charge is 2.12. The first kappa shape index (κ1) is 11.3. The van der Waals surface area contributed by atoms with Gasteiger partial charge in [-0.3, -0.25) is 0 Å². The molecule has 0 bridgehead atoms. The van der Waals surface area contributed by atoms with Crippen LogP contribution in [0.1, 0.15) is 5.56 Å². The van der Waals surface area contributed by atoms with E-state index in [0.717, 1.165) is 0 Å². The van der Waals surface area contributed by atoms with E-state index in [2.05, 4.69) is 5.10 Å². The number of benzene rings is 1. The fraction of sp³-hybridized carbons (Fsp3) is 0.0909. The molecule has 2 aromatic rings. The van der Waals surface area contributed by atoms with Crippen molar-refractivity contribution < 1.29 is 4.74 Å². The van der Waals surface area contributed by atoms with E-state index in [4.69, 9.17) is 27.3 Å². The van der Waals surface area contributed by atoms with Crippen LogP contribution in [0.2, 0.25) is 5.02 Å². The first-order valence-electron chi connectivity index (χ1n) is 4.75. The van der Waals surface area contributed by atoms with Crippen LogP contribution in [-0.2, 0) is 0 Å². The van der Waals surface area contributed by atoms with Crippen LogP contribution in [-0.4, -0.2) is 16.9 Å². The maximum atomic E-state index is 8.81. The highest BCUT2D eigenvalue weighted by atomic mass is 35.5. The predicted octanol–water partition coefficient (Wildman–Crippen LogP) is 1.99. The second-order valence-corrected chi connectivity index (χ2v) is 3.69. The first-order valence-corrected chi connectivity index (χ1v) is 5.12. The molecule has 0 saturated carbocycles. The third-order valence-electron chi connectivity index (χ3n) is 2.31. The SMILES string of the molecule is COc1ccc(Cl)c(-n2ncc(C#N)c2N)c1. The van der Waals surface area contributed by atoms with Crippen molar-refractivity contribution in [3.8, 4) is 17.5 Å². The molecule has 0 amide bonds. The van der Waals surface area contributed by atoms with Gasteiger partial charge >= 0.3 is 0 Å². The van der Waals surface area contributed by atoms with Crippen molar-refractivity contribution in [3.63, 3.8) is 0 Å². The predicted molar refractivity (Wildman–Crippen MR) is 64.3 cm³/mol. The largest absolute Gasteiger partial charge is 0.497 e. The lowest BCUT2D eigenvalue weighted by atomic mass is 10.3. The fourth-order valence-electron chi connectivity index (χ4n) is 1.42. The normalized spacial score (nSPS) is 9.94. The zero-order valence-electron chi connectivity index (χ0n) is 9.01. The smallest absolute Gasteiger partial charge is 0.145 e. The molecule has 0 radical (unpaired) electrons. The molecule has 2 rings (SSSR count). The van der Waals surface area contributed by atoms with E-state index in [1.807, 2.05) is 6.07 Å². The van der Waals surface area contributed by atoms with Gasteiger partial charge in [0.25, 0.3) is 0 Å². The maximum absolute atomic E-state index is 8.81. The number of anilines is 1. The summed E-state index contributed by atoms with van der Waals surface area (Å²) >= 11 is 6.06. The average molecular weight is 249 g/mol. The minimum Gasteiger partial charge on any atom is -0.497 e. The highest BCUT2D eigenvalue weighted by molar-refractivity contribution is 6.32. The van der Waals surface area contributed by atoms with Crippen LogP contribution in [0.4, 0.5) is 5.82 Å². The maximum Gasteiger partial charge on any atom is 0.145 e. The summed E-state index contributed by atoms with van der Waals surface area (Å²) in [6, 6.07) is 7.07. The van der Waals surface area contributed by atoms with Crippen LogP contribution in [0.15, 0.2) is 24.4 Å². The standard InChI is InChI=1S/C11H9ClN4O/c1-17-8-2-3-9(12)10(4-8)16-11(14)7(5-13)6-15-16/h2-4,6H,14H2,1H3. The summed E-state index contributed by atoms with van der Waals surface area (Å²) in [5, 5.41) is 13.3. The monoisotopic (exact) mass is 248 g/mol. The fourth-order valence-corrected chi connectivity index (χ4v) is 1.62. The van der Waals surface area contributed by atoms with Crippen LogP contribution < -0.4 is 10.5 Å². The van der Waals surface area contributed by atoms with Crippen LogP contribution in [0.3, 0.4) is 0 Å². The van der Waals surface area contributed by atoms with Crippen molar-refractivity contribution >= 4 is 17.4 Å². The van der Waals surface area contributed by atoms with Gasteiger partial charge in [0.1, 0.15) is 23.2 Å². The number of methoxy groups -OCH3 is 1. The van der Waals surface area contributed by atoms with Gasteiger partial charge in [-0.25, -0.2) is 4.68 Å². The van der Waals surface area contributed by atoms with Gasteiger partial charge in [-0.2, -0.15) is 10.4 Å². The molecule has 86 valence electrons. The molecular formula is C11H9ClN4O. The van der Waals surface area contributed by atoms with Gasteiger partial charge in [0.05, 0.1) is 24.0 Å². The molecule has 6 heteroatoms. The molecule has 0 aliphatic rings. The highest BCUT2D eigenvalue weighted by Crippen LogP contribution is 2.27. The molecule has 0 saturated heterocycles. The Morgan fingerprint density at radius 2 is 2.29 bits per heavy atom. The van der Waals surface area contributed by atoms with E-state index in [0.29, 0.717) is 22.0 Å². The number of hydrogen-bond acceptors (Lipinski definition) is 4. The summed E-state index contributed by atoms with van der Waals surface area (Å²) in [6.45, 7) is 0. The second-order valence-electron chi connectivity index (χ2n) is 3.28. The van der Waals surface area contributed by atoms with Crippen LogP contribution in [0.5, 0.6) is 5.75 Å². The second kappa shape index (κ2) is 4.36.